The Balaban J connectivity index is 1.82. The number of Topliss-reactive ketones (excluding diaryl/α,β-unsaturated/α-hetero) is 1. The van der Waals surface area contributed by atoms with Crippen LogP contribution in [0.2, 0.25) is 0 Å². The highest BCUT2D eigenvalue weighted by Crippen LogP contribution is 2.57. The molecule has 4 aliphatic rings. The molecule has 0 aromatic heterocycles. The second-order valence-electron chi connectivity index (χ2n) is 6.74. The highest BCUT2D eigenvalue weighted by atomic mass is 16.1. The van der Waals surface area contributed by atoms with Crippen LogP contribution in [0.5, 0.6) is 0 Å². The Morgan fingerprint density at radius 3 is 2.76 bits per heavy atom. The first-order chi connectivity index (χ1) is 8.32. The van der Waals surface area contributed by atoms with Crippen molar-refractivity contribution < 1.29 is 4.79 Å². The molecule has 94 valence electrons. The van der Waals surface area contributed by atoms with Crippen LogP contribution in [0.4, 0.5) is 0 Å². The van der Waals surface area contributed by atoms with Crippen LogP contribution in [0.15, 0.2) is 0 Å². The average Bonchev–Trinajstić information content (AvgIpc) is 2.34. The summed E-state index contributed by atoms with van der Waals surface area (Å²) in [7, 11) is 0. The summed E-state index contributed by atoms with van der Waals surface area (Å²) in [6.07, 6.45) is 10.2. The van der Waals surface area contributed by atoms with Crippen LogP contribution in [-0.2, 0) is 4.79 Å². The maximum atomic E-state index is 12.4. The molecule has 2 saturated heterocycles. The Morgan fingerprint density at radius 2 is 1.88 bits per heavy atom. The minimum atomic E-state index is 0.342. The molecule has 2 aliphatic carbocycles. The topological polar surface area (TPSA) is 20.3 Å². The van der Waals surface area contributed by atoms with Gasteiger partial charge in [0.25, 0.3) is 0 Å². The second kappa shape index (κ2) is 3.57. The third kappa shape index (κ3) is 1.23. The molecule has 1 spiro atoms. The van der Waals surface area contributed by atoms with E-state index in [2.05, 4.69) is 4.90 Å². The third-order valence-corrected chi connectivity index (χ3v) is 6.27. The average molecular weight is 233 g/mol. The summed E-state index contributed by atoms with van der Waals surface area (Å²) >= 11 is 0. The van der Waals surface area contributed by atoms with E-state index in [0.717, 1.165) is 18.3 Å². The lowest BCUT2D eigenvalue weighted by Gasteiger charge is -2.64. The summed E-state index contributed by atoms with van der Waals surface area (Å²) in [6, 6.07) is 0. The van der Waals surface area contributed by atoms with Crippen LogP contribution in [-0.4, -0.2) is 29.3 Å². The van der Waals surface area contributed by atoms with E-state index in [4.69, 9.17) is 0 Å². The number of piperidine rings is 2. The van der Waals surface area contributed by atoms with Crippen molar-refractivity contribution in [1.82, 2.24) is 4.90 Å². The number of rotatable bonds is 0. The van der Waals surface area contributed by atoms with Gasteiger partial charge in [-0.1, -0.05) is 6.42 Å². The Labute approximate surface area is 104 Å². The Morgan fingerprint density at radius 1 is 1.06 bits per heavy atom. The van der Waals surface area contributed by atoms with Gasteiger partial charge < -0.3 is 0 Å². The largest absolute Gasteiger partial charge is 0.299 e. The molecule has 0 radical (unpaired) electrons. The minimum absolute atomic E-state index is 0.342. The molecule has 0 amide bonds. The normalized spacial score (nSPS) is 49.9. The predicted octanol–water partition coefficient (Wildman–Crippen LogP) is 2.62. The maximum absolute atomic E-state index is 12.4. The molecule has 2 bridgehead atoms. The van der Waals surface area contributed by atoms with Crippen molar-refractivity contribution in [2.75, 3.05) is 13.1 Å². The lowest BCUT2D eigenvalue weighted by Crippen LogP contribution is -2.70. The number of carbonyl (C=O) groups excluding carboxylic acids is 1. The van der Waals surface area contributed by atoms with Crippen LogP contribution in [0.25, 0.3) is 0 Å². The molecule has 2 heterocycles. The van der Waals surface area contributed by atoms with E-state index in [-0.39, 0.29) is 0 Å². The molecule has 0 aromatic carbocycles. The standard InChI is InChI=1S/C15H23NO/c17-14-10-11-4-1-7-15-12(11)5-2-8-16(15)9-3-6-13(14)15/h11-13H,1-10H2/t11-,12+,13+,15+/m1/s1. The van der Waals surface area contributed by atoms with E-state index in [1.807, 2.05) is 0 Å². The van der Waals surface area contributed by atoms with Crippen molar-refractivity contribution in [1.29, 1.82) is 0 Å². The summed E-state index contributed by atoms with van der Waals surface area (Å²) < 4.78 is 0. The van der Waals surface area contributed by atoms with Gasteiger partial charge in [0.2, 0.25) is 0 Å². The molecule has 17 heavy (non-hydrogen) atoms. The zero-order valence-electron chi connectivity index (χ0n) is 10.7. The minimum Gasteiger partial charge on any atom is -0.299 e. The van der Waals surface area contributed by atoms with Gasteiger partial charge in [0, 0.05) is 17.9 Å². The number of hydrogen-bond acceptors (Lipinski definition) is 2. The van der Waals surface area contributed by atoms with Crippen LogP contribution >= 0.6 is 0 Å². The van der Waals surface area contributed by atoms with Crippen LogP contribution < -0.4 is 0 Å². The highest BCUT2D eigenvalue weighted by Gasteiger charge is 2.60. The fraction of sp³-hybridized carbons (Fsp3) is 0.933. The van der Waals surface area contributed by atoms with Crippen molar-refractivity contribution in [2.24, 2.45) is 17.8 Å². The zero-order chi connectivity index (χ0) is 11.5. The Bertz CT molecular complexity index is 351. The van der Waals surface area contributed by atoms with E-state index < -0.39 is 0 Å². The number of ketones is 1. The molecule has 2 nitrogen and oxygen atoms in total. The molecular weight excluding hydrogens is 210 g/mol. The zero-order valence-corrected chi connectivity index (χ0v) is 10.7. The monoisotopic (exact) mass is 233 g/mol. The van der Waals surface area contributed by atoms with Gasteiger partial charge in [-0.3, -0.25) is 9.69 Å². The van der Waals surface area contributed by atoms with Gasteiger partial charge in [-0.15, -0.1) is 0 Å². The molecule has 2 saturated carbocycles. The van der Waals surface area contributed by atoms with Gasteiger partial charge in [0.05, 0.1) is 0 Å². The van der Waals surface area contributed by atoms with E-state index in [1.165, 1.54) is 58.0 Å². The molecular formula is C15H23NO. The number of hydrogen-bond donors (Lipinski definition) is 0. The first-order valence-corrected chi connectivity index (χ1v) is 7.60. The highest BCUT2D eigenvalue weighted by molar-refractivity contribution is 5.84. The summed E-state index contributed by atoms with van der Waals surface area (Å²) in [5.41, 5.74) is 0.342. The molecule has 4 atom stereocenters. The summed E-state index contributed by atoms with van der Waals surface area (Å²) in [4.78, 5) is 15.2. The molecule has 4 fully saturated rings. The Hall–Kier alpha value is -0.370. The first-order valence-electron chi connectivity index (χ1n) is 7.60. The SMILES string of the molecule is O=C1C[C@H]2CCC[C@]34[C@H]1CCCN3CCC[C@@H]24. The van der Waals surface area contributed by atoms with E-state index >= 15 is 0 Å². The number of carbonyl (C=O) groups is 1. The molecule has 2 heteroatoms. The summed E-state index contributed by atoms with van der Waals surface area (Å²) in [5, 5.41) is 0. The van der Waals surface area contributed by atoms with E-state index in [0.29, 0.717) is 17.2 Å². The van der Waals surface area contributed by atoms with Gasteiger partial charge in [-0.25, -0.2) is 0 Å². The quantitative estimate of drug-likeness (QED) is 0.641. The van der Waals surface area contributed by atoms with Gasteiger partial charge in [0.1, 0.15) is 5.78 Å². The van der Waals surface area contributed by atoms with Crippen LogP contribution in [0, 0.1) is 17.8 Å². The second-order valence-corrected chi connectivity index (χ2v) is 6.74. The van der Waals surface area contributed by atoms with E-state index in [1.54, 1.807) is 0 Å². The summed E-state index contributed by atoms with van der Waals surface area (Å²) in [6.45, 7) is 2.54. The molecule has 4 rings (SSSR count). The summed E-state index contributed by atoms with van der Waals surface area (Å²) in [5.74, 6) is 2.65. The molecule has 2 aliphatic heterocycles. The lowest BCUT2D eigenvalue weighted by atomic mass is 9.50. The smallest absolute Gasteiger partial charge is 0.138 e. The van der Waals surface area contributed by atoms with Gasteiger partial charge in [-0.05, 0) is 63.5 Å². The predicted molar refractivity (Wildman–Crippen MR) is 66.7 cm³/mol. The molecule has 0 N–H and O–H groups in total. The van der Waals surface area contributed by atoms with Gasteiger partial charge in [0.15, 0.2) is 0 Å². The van der Waals surface area contributed by atoms with Crippen LogP contribution in [0.3, 0.4) is 0 Å². The Kier molecular flexibility index (Phi) is 2.21. The van der Waals surface area contributed by atoms with Crippen molar-refractivity contribution in [3.05, 3.63) is 0 Å². The maximum Gasteiger partial charge on any atom is 0.138 e. The molecule has 0 aromatic rings. The fourth-order valence-corrected chi connectivity index (χ4v) is 5.82. The van der Waals surface area contributed by atoms with Gasteiger partial charge in [-0.2, -0.15) is 0 Å². The van der Waals surface area contributed by atoms with E-state index in [9.17, 15) is 4.79 Å². The molecule has 0 unspecified atom stereocenters. The third-order valence-electron chi connectivity index (χ3n) is 6.27. The lowest BCUT2D eigenvalue weighted by molar-refractivity contribution is -0.167. The van der Waals surface area contributed by atoms with Crippen molar-refractivity contribution >= 4 is 5.78 Å². The number of nitrogens with zero attached hydrogens (tertiary/aromatic N) is 1. The first kappa shape index (κ1) is 10.5. The van der Waals surface area contributed by atoms with Crippen LogP contribution in [0.1, 0.15) is 51.4 Å². The van der Waals surface area contributed by atoms with Crippen molar-refractivity contribution in [3.63, 3.8) is 0 Å². The van der Waals surface area contributed by atoms with Crippen molar-refractivity contribution in [3.8, 4) is 0 Å². The fourth-order valence-electron chi connectivity index (χ4n) is 5.82. The van der Waals surface area contributed by atoms with Crippen molar-refractivity contribution in [2.45, 2.75) is 56.9 Å². The van der Waals surface area contributed by atoms with Gasteiger partial charge >= 0.3 is 0 Å².